The van der Waals surface area contributed by atoms with Gasteiger partial charge >= 0.3 is 0 Å². The van der Waals surface area contributed by atoms with Crippen LogP contribution < -0.4 is 5.32 Å². The van der Waals surface area contributed by atoms with Gasteiger partial charge in [-0.3, -0.25) is 4.79 Å². The second-order valence-corrected chi connectivity index (χ2v) is 4.54. The van der Waals surface area contributed by atoms with Gasteiger partial charge in [-0.25, -0.2) is 0 Å². The van der Waals surface area contributed by atoms with Gasteiger partial charge in [-0.1, -0.05) is 23.7 Å². The molecule has 0 radical (unpaired) electrons. The molecular weight excluding hydrogens is 260 g/mol. The molecule has 0 heterocycles. The van der Waals surface area contributed by atoms with Crippen LogP contribution in [0.1, 0.15) is 21.5 Å². The number of anilines is 1. The number of aryl methyl sites for hydroxylation is 1. The molecule has 94 valence electrons. The number of benzene rings is 2. The Hall–Kier alpha value is -2.31. The van der Waals surface area contributed by atoms with Gasteiger partial charge in [0.05, 0.1) is 11.6 Å². The van der Waals surface area contributed by atoms with E-state index in [4.69, 9.17) is 16.9 Å². The summed E-state index contributed by atoms with van der Waals surface area (Å²) in [5, 5.41) is 12.1. The number of halogens is 1. The van der Waals surface area contributed by atoms with Crippen molar-refractivity contribution >= 4 is 23.2 Å². The zero-order chi connectivity index (χ0) is 13.8. The van der Waals surface area contributed by atoms with E-state index in [0.717, 1.165) is 5.56 Å². The number of amides is 1. The van der Waals surface area contributed by atoms with Gasteiger partial charge in [-0.15, -0.1) is 0 Å². The van der Waals surface area contributed by atoms with Crippen molar-refractivity contribution in [3.05, 3.63) is 64.2 Å². The van der Waals surface area contributed by atoms with Crippen LogP contribution in [0.4, 0.5) is 5.69 Å². The molecule has 0 aliphatic rings. The molecule has 0 atom stereocenters. The number of nitrogens with zero attached hydrogens (tertiary/aromatic N) is 1. The lowest BCUT2D eigenvalue weighted by Crippen LogP contribution is -2.12. The largest absolute Gasteiger partial charge is 0.322 e. The van der Waals surface area contributed by atoms with E-state index < -0.39 is 0 Å². The molecule has 2 aromatic rings. The van der Waals surface area contributed by atoms with Crippen LogP contribution in [0, 0.1) is 18.3 Å². The molecule has 1 amide bonds. The van der Waals surface area contributed by atoms with Gasteiger partial charge < -0.3 is 5.32 Å². The molecule has 0 aliphatic heterocycles. The standard InChI is InChI=1S/C15H11ClN2O/c1-10-5-6-11(9-17)7-14(10)18-15(19)12-3-2-4-13(16)8-12/h2-8H,1H3,(H,18,19). The summed E-state index contributed by atoms with van der Waals surface area (Å²) < 4.78 is 0. The molecule has 0 unspecified atom stereocenters. The fourth-order valence-electron chi connectivity index (χ4n) is 1.65. The van der Waals surface area contributed by atoms with Gasteiger partial charge in [0.25, 0.3) is 5.91 Å². The minimum absolute atomic E-state index is 0.249. The molecular formula is C15H11ClN2O. The normalized spacial score (nSPS) is 9.74. The Kier molecular flexibility index (Phi) is 3.84. The summed E-state index contributed by atoms with van der Waals surface area (Å²) in [6.45, 7) is 1.87. The van der Waals surface area contributed by atoms with E-state index in [-0.39, 0.29) is 5.91 Å². The summed E-state index contributed by atoms with van der Waals surface area (Å²) in [4.78, 5) is 12.1. The van der Waals surface area contributed by atoms with Crippen molar-refractivity contribution in [3.8, 4) is 6.07 Å². The van der Waals surface area contributed by atoms with Crippen LogP contribution in [0.2, 0.25) is 5.02 Å². The first-order valence-corrected chi connectivity index (χ1v) is 6.05. The number of nitriles is 1. The quantitative estimate of drug-likeness (QED) is 0.903. The number of carbonyl (C=O) groups excluding carboxylic acids is 1. The minimum Gasteiger partial charge on any atom is -0.322 e. The van der Waals surface area contributed by atoms with E-state index in [1.165, 1.54) is 0 Å². The Balaban J connectivity index is 2.27. The lowest BCUT2D eigenvalue weighted by Gasteiger charge is -2.09. The minimum atomic E-state index is -0.249. The second kappa shape index (κ2) is 5.55. The van der Waals surface area contributed by atoms with Crippen LogP contribution in [-0.4, -0.2) is 5.91 Å². The molecule has 0 spiro atoms. The summed E-state index contributed by atoms with van der Waals surface area (Å²) in [5.41, 5.74) is 2.51. The van der Waals surface area contributed by atoms with Gasteiger partial charge in [0.15, 0.2) is 0 Å². The number of carbonyl (C=O) groups is 1. The fourth-order valence-corrected chi connectivity index (χ4v) is 1.84. The maximum Gasteiger partial charge on any atom is 0.255 e. The third kappa shape index (κ3) is 3.12. The van der Waals surface area contributed by atoms with E-state index in [0.29, 0.717) is 21.8 Å². The lowest BCUT2D eigenvalue weighted by molar-refractivity contribution is 0.102. The first-order chi connectivity index (χ1) is 9.10. The van der Waals surface area contributed by atoms with Crippen molar-refractivity contribution in [1.82, 2.24) is 0 Å². The molecule has 3 nitrogen and oxygen atoms in total. The maximum absolute atomic E-state index is 12.1. The summed E-state index contributed by atoms with van der Waals surface area (Å²) in [5.74, 6) is -0.249. The molecule has 19 heavy (non-hydrogen) atoms. The molecule has 0 aromatic heterocycles. The lowest BCUT2D eigenvalue weighted by atomic mass is 10.1. The van der Waals surface area contributed by atoms with Crippen molar-refractivity contribution < 1.29 is 4.79 Å². The third-order valence-corrected chi connectivity index (χ3v) is 2.94. The number of hydrogen-bond donors (Lipinski definition) is 1. The molecule has 4 heteroatoms. The predicted octanol–water partition coefficient (Wildman–Crippen LogP) is 3.77. The van der Waals surface area contributed by atoms with Crippen molar-refractivity contribution in [2.24, 2.45) is 0 Å². The first-order valence-electron chi connectivity index (χ1n) is 5.68. The van der Waals surface area contributed by atoms with E-state index in [9.17, 15) is 4.79 Å². The van der Waals surface area contributed by atoms with E-state index in [1.807, 2.05) is 13.0 Å². The molecule has 0 saturated carbocycles. The predicted molar refractivity (Wildman–Crippen MR) is 75.3 cm³/mol. The average Bonchev–Trinajstić information content (AvgIpc) is 2.41. The Bertz CT molecular complexity index is 674. The van der Waals surface area contributed by atoms with E-state index >= 15 is 0 Å². The van der Waals surface area contributed by atoms with Crippen LogP contribution >= 0.6 is 11.6 Å². The molecule has 0 aliphatic carbocycles. The molecule has 0 bridgehead atoms. The summed E-state index contributed by atoms with van der Waals surface area (Å²) in [7, 11) is 0. The van der Waals surface area contributed by atoms with Crippen LogP contribution in [-0.2, 0) is 0 Å². The topological polar surface area (TPSA) is 52.9 Å². The Labute approximate surface area is 116 Å². The summed E-state index contributed by atoms with van der Waals surface area (Å²) in [6, 6.07) is 13.9. The second-order valence-electron chi connectivity index (χ2n) is 4.11. The smallest absolute Gasteiger partial charge is 0.255 e. The van der Waals surface area contributed by atoms with E-state index in [1.54, 1.807) is 42.5 Å². The Morgan fingerprint density at radius 1 is 1.26 bits per heavy atom. The maximum atomic E-state index is 12.1. The highest BCUT2D eigenvalue weighted by molar-refractivity contribution is 6.31. The molecule has 2 aromatic carbocycles. The van der Waals surface area contributed by atoms with Crippen LogP contribution in [0.15, 0.2) is 42.5 Å². The van der Waals surface area contributed by atoms with Crippen molar-refractivity contribution in [2.75, 3.05) is 5.32 Å². The highest BCUT2D eigenvalue weighted by Crippen LogP contribution is 2.18. The Morgan fingerprint density at radius 3 is 2.74 bits per heavy atom. The number of rotatable bonds is 2. The van der Waals surface area contributed by atoms with Gasteiger partial charge in [0.1, 0.15) is 0 Å². The van der Waals surface area contributed by atoms with Gasteiger partial charge in [0.2, 0.25) is 0 Å². The van der Waals surface area contributed by atoms with E-state index in [2.05, 4.69) is 5.32 Å². The zero-order valence-electron chi connectivity index (χ0n) is 10.3. The van der Waals surface area contributed by atoms with Crippen molar-refractivity contribution in [3.63, 3.8) is 0 Å². The molecule has 0 fully saturated rings. The van der Waals surface area contributed by atoms with Crippen molar-refractivity contribution in [1.29, 1.82) is 5.26 Å². The Morgan fingerprint density at radius 2 is 2.05 bits per heavy atom. The van der Waals surface area contributed by atoms with Crippen LogP contribution in [0.3, 0.4) is 0 Å². The zero-order valence-corrected chi connectivity index (χ0v) is 11.0. The fraction of sp³-hybridized carbons (Fsp3) is 0.0667. The number of nitrogens with one attached hydrogen (secondary N) is 1. The number of hydrogen-bond acceptors (Lipinski definition) is 2. The molecule has 2 rings (SSSR count). The van der Waals surface area contributed by atoms with Crippen LogP contribution in [0.25, 0.3) is 0 Å². The molecule has 0 saturated heterocycles. The van der Waals surface area contributed by atoms with Gasteiger partial charge in [-0.2, -0.15) is 5.26 Å². The van der Waals surface area contributed by atoms with Gasteiger partial charge in [0, 0.05) is 16.3 Å². The third-order valence-electron chi connectivity index (χ3n) is 2.70. The van der Waals surface area contributed by atoms with Gasteiger partial charge in [-0.05, 0) is 42.8 Å². The molecule has 1 N–H and O–H groups in total. The highest BCUT2D eigenvalue weighted by atomic mass is 35.5. The van der Waals surface area contributed by atoms with Crippen LogP contribution in [0.5, 0.6) is 0 Å². The van der Waals surface area contributed by atoms with Crippen molar-refractivity contribution in [2.45, 2.75) is 6.92 Å². The SMILES string of the molecule is Cc1ccc(C#N)cc1NC(=O)c1cccc(Cl)c1. The first kappa shape index (κ1) is 13.1. The summed E-state index contributed by atoms with van der Waals surface area (Å²) >= 11 is 5.85. The summed E-state index contributed by atoms with van der Waals surface area (Å²) in [6.07, 6.45) is 0. The highest BCUT2D eigenvalue weighted by Gasteiger charge is 2.08. The monoisotopic (exact) mass is 270 g/mol. The average molecular weight is 271 g/mol.